The lowest BCUT2D eigenvalue weighted by molar-refractivity contribution is 0.00296. The lowest BCUT2D eigenvalue weighted by Gasteiger charge is -2.29. The zero-order valence-corrected chi connectivity index (χ0v) is 12.6. The highest BCUT2D eigenvalue weighted by Crippen LogP contribution is 2.24. The van der Waals surface area contributed by atoms with E-state index in [1.165, 1.54) is 0 Å². The van der Waals surface area contributed by atoms with Crippen molar-refractivity contribution in [3.63, 3.8) is 0 Å². The Morgan fingerprint density at radius 3 is 2.80 bits per heavy atom. The Kier molecular flexibility index (Phi) is 4.50. The van der Waals surface area contributed by atoms with E-state index in [9.17, 15) is 9.90 Å². The summed E-state index contributed by atoms with van der Waals surface area (Å²) >= 11 is 0. The van der Waals surface area contributed by atoms with E-state index < -0.39 is 5.60 Å². The van der Waals surface area contributed by atoms with Crippen LogP contribution < -0.4 is 0 Å². The van der Waals surface area contributed by atoms with Gasteiger partial charge in [0.05, 0.1) is 11.9 Å². The van der Waals surface area contributed by atoms with Gasteiger partial charge in [-0.3, -0.25) is 4.79 Å². The van der Waals surface area contributed by atoms with E-state index in [0.29, 0.717) is 31.8 Å². The molecule has 112 valence electrons. The molecule has 1 saturated heterocycles. The summed E-state index contributed by atoms with van der Waals surface area (Å²) in [5.74, 6) is 0.352. The van der Waals surface area contributed by atoms with Crippen LogP contribution in [0.25, 0.3) is 0 Å². The summed E-state index contributed by atoms with van der Waals surface area (Å²) in [6.07, 6.45) is 3.70. The number of carbonyl (C=O) groups excluding carboxylic acids is 1. The van der Waals surface area contributed by atoms with Gasteiger partial charge in [-0.2, -0.15) is 0 Å². The highest BCUT2D eigenvalue weighted by molar-refractivity contribution is 5.92. The van der Waals surface area contributed by atoms with Gasteiger partial charge in [0.1, 0.15) is 0 Å². The summed E-state index contributed by atoms with van der Waals surface area (Å²) in [6.45, 7) is 3.75. The molecule has 0 spiro atoms. The van der Waals surface area contributed by atoms with Gasteiger partial charge in [-0.25, -0.2) is 0 Å². The van der Waals surface area contributed by atoms with Gasteiger partial charge < -0.3 is 19.3 Å². The van der Waals surface area contributed by atoms with Gasteiger partial charge in [0.25, 0.3) is 5.91 Å². The number of likely N-dealkylation sites (tertiary alicyclic amines) is 1. The summed E-state index contributed by atoms with van der Waals surface area (Å²) in [6, 6.07) is 1.80. The molecule has 2 heterocycles. The molecular weight excluding hydrogens is 256 g/mol. The van der Waals surface area contributed by atoms with Gasteiger partial charge in [-0.15, -0.1) is 0 Å². The maximum absolute atomic E-state index is 12.4. The second-order valence-electron chi connectivity index (χ2n) is 6.04. The van der Waals surface area contributed by atoms with Crippen LogP contribution in [-0.2, 0) is 0 Å². The van der Waals surface area contributed by atoms with Crippen LogP contribution in [0.5, 0.6) is 0 Å². The van der Waals surface area contributed by atoms with E-state index in [0.717, 1.165) is 18.4 Å². The zero-order chi connectivity index (χ0) is 14.8. The lowest BCUT2D eigenvalue weighted by atomic mass is 9.94. The Hall–Kier alpha value is -1.33. The van der Waals surface area contributed by atoms with Gasteiger partial charge in [-0.05, 0) is 46.3 Å². The van der Waals surface area contributed by atoms with E-state index in [4.69, 9.17) is 4.42 Å². The maximum Gasteiger partial charge on any atom is 0.289 e. The molecule has 0 aliphatic carbocycles. The normalized spacial score (nSPS) is 23.9. The second kappa shape index (κ2) is 5.97. The van der Waals surface area contributed by atoms with Crippen molar-refractivity contribution in [1.82, 2.24) is 9.80 Å². The standard InChI is InChI=1S/C15H24N2O3/c1-12-5-10-20-13(12)14(18)17-8-4-6-15(19,7-9-17)11-16(2)3/h5,10,19H,4,6-9,11H2,1-3H3/t15-/m1/s1. The molecule has 1 amide bonds. The van der Waals surface area contributed by atoms with Crippen molar-refractivity contribution in [2.75, 3.05) is 33.7 Å². The van der Waals surface area contributed by atoms with Gasteiger partial charge in [0.2, 0.25) is 0 Å². The lowest BCUT2D eigenvalue weighted by Crippen LogP contribution is -2.41. The molecule has 0 radical (unpaired) electrons. The number of hydrogen-bond acceptors (Lipinski definition) is 4. The smallest absolute Gasteiger partial charge is 0.289 e. The van der Waals surface area contributed by atoms with Gasteiger partial charge in [0.15, 0.2) is 5.76 Å². The largest absolute Gasteiger partial charge is 0.459 e. The topological polar surface area (TPSA) is 56.9 Å². The number of aryl methyl sites for hydroxylation is 1. The molecule has 1 fully saturated rings. The summed E-state index contributed by atoms with van der Waals surface area (Å²) in [4.78, 5) is 16.2. The molecule has 1 atom stereocenters. The van der Waals surface area contributed by atoms with Crippen molar-refractivity contribution in [2.24, 2.45) is 0 Å². The molecule has 0 saturated carbocycles. The first-order chi connectivity index (χ1) is 9.41. The molecule has 0 aromatic carbocycles. The third-order valence-corrected chi connectivity index (χ3v) is 3.87. The summed E-state index contributed by atoms with van der Waals surface area (Å²) in [5.41, 5.74) is 0.166. The number of hydrogen-bond donors (Lipinski definition) is 1. The van der Waals surface area contributed by atoms with Crippen LogP contribution in [0.15, 0.2) is 16.7 Å². The highest BCUT2D eigenvalue weighted by atomic mass is 16.3. The fourth-order valence-electron chi connectivity index (χ4n) is 2.86. The van der Waals surface area contributed by atoms with Crippen molar-refractivity contribution in [2.45, 2.75) is 31.8 Å². The molecule has 1 aliphatic rings. The first kappa shape index (κ1) is 15.1. The number of nitrogens with zero attached hydrogens (tertiary/aromatic N) is 2. The molecule has 1 aromatic heterocycles. The highest BCUT2D eigenvalue weighted by Gasteiger charge is 2.32. The van der Waals surface area contributed by atoms with Crippen LogP contribution >= 0.6 is 0 Å². The van der Waals surface area contributed by atoms with Crippen LogP contribution in [0.4, 0.5) is 0 Å². The zero-order valence-electron chi connectivity index (χ0n) is 12.6. The third-order valence-electron chi connectivity index (χ3n) is 3.87. The minimum Gasteiger partial charge on any atom is -0.459 e. The van der Waals surface area contributed by atoms with Gasteiger partial charge in [0, 0.05) is 25.2 Å². The Morgan fingerprint density at radius 1 is 1.45 bits per heavy atom. The SMILES string of the molecule is Cc1ccoc1C(=O)N1CCC[C@](O)(CN(C)C)CC1. The number of furan rings is 1. The van der Waals surface area contributed by atoms with Crippen molar-refractivity contribution in [3.8, 4) is 0 Å². The fraction of sp³-hybridized carbons (Fsp3) is 0.667. The summed E-state index contributed by atoms with van der Waals surface area (Å²) in [5, 5.41) is 10.6. The molecule has 2 rings (SSSR count). The predicted molar refractivity (Wildman–Crippen MR) is 76.7 cm³/mol. The Balaban J connectivity index is 2.03. The van der Waals surface area contributed by atoms with Crippen molar-refractivity contribution in [3.05, 3.63) is 23.7 Å². The first-order valence-corrected chi connectivity index (χ1v) is 7.12. The molecule has 5 nitrogen and oxygen atoms in total. The average Bonchev–Trinajstić information content (AvgIpc) is 2.68. The number of likely N-dealkylation sites (N-methyl/N-ethyl adjacent to an activating group) is 1. The van der Waals surface area contributed by atoms with Crippen molar-refractivity contribution >= 4 is 5.91 Å². The van der Waals surface area contributed by atoms with E-state index in [1.807, 2.05) is 25.9 Å². The molecule has 0 bridgehead atoms. The Morgan fingerprint density at radius 2 is 2.20 bits per heavy atom. The van der Waals surface area contributed by atoms with Crippen LogP contribution in [0, 0.1) is 6.92 Å². The van der Waals surface area contributed by atoms with Crippen molar-refractivity contribution < 1.29 is 14.3 Å². The first-order valence-electron chi connectivity index (χ1n) is 7.12. The predicted octanol–water partition coefficient (Wildman–Crippen LogP) is 1.51. The number of rotatable bonds is 3. The Bertz CT molecular complexity index is 469. The summed E-state index contributed by atoms with van der Waals surface area (Å²) in [7, 11) is 3.91. The van der Waals surface area contributed by atoms with E-state index in [1.54, 1.807) is 17.2 Å². The van der Waals surface area contributed by atoms with Crippen molar-refractivity contribution in [1.29, 1.82) is 0 Å². The van der Waals surface area contributed by atoms with E-state index in [-0.39, 0.29) is 5.91 Å². The molecule has 1 N–H and O–H groups in total. The monoisotopic (exact) mass is 280 g/mol. The molecule has 5 heteroatoms. The van der Waals surface area contributed by atoms with Crippen LogP contribution in [0.3, 0.4) is 0 Å². The minimum absolute atomic E-state index is 0.0680. The third kappa shape index (κ3) is 3.41. The second-order valence-corrected chi connectivity index (χ2v) is 6.04. The van der Waals surface area contributed by atoms with Gasteiger partial charge >= 0.3 is 0 Å². The average molecular weight is 280 g/mol. The van der Waals surface area contributed by atoms with E-state index in [2.05, 4.69) is 0 Å². The number of carbonyl (C=O) groups is 1. The fourth-order valence-corrected chi connectivity index (χ4v) is 2.86. The molecular formula is C15H24N2O3. The van der Waals surface area contributed by atoms with E-state index >= 15 is 0 Å². The molecule has 1 aromatic rings. The van der Waals surface area contributed by atoms with Crippen LogP contribution in [0.2, 0.25) is 0 Å². The molecule has 1 aliphatic heterocycles. The van der Waals surface area contributed by atoms with Crippen LogP contribution in [-0.4, -0.2) is 60.1 Å². The molecule has 20 heavy (non-hydrogen) atoms. The maximum atomic E-state index is 12.4. The summed E-state index contributed by atoms with van der Waals surface area (Å²) < 4.78 is 5.27. The number of amides is 1. The van der Waals surface area contributed by atoms with Crippen LogP contribution in [0.1, 0.15) is 35.4 Å². The Labute approximate surface area is 120 Å². The molecule has 0 unspecified atom stereocenters. The number of aliphatic hydroxyl groups is 1. The van der Waals surface area contributed by atoms with Gasteiger partial charge in [-0.1, -0.05) is 0 Å². The minimum atomic E-state index is -0.698. The quantitative estimate of drug-likeness (QED) is 0.912.